The van der Waals surface area contributed by atoms with Crippen molar-refractivity contribution in [2.75, 3.05) is 20.8 Å². The predicted molar refractivity (Wildman–Crippen MR) is 70.2 cm³/mol. The summed E-state index contributed by atoms with van der Waals surface area (Å²) < 4.78 is 58.8. The monoisotopic (exact) mass is 309 g/mol. The van der Waals surface area contributed by atoms with Gasteiger partial charge in [-0.15, -0.1) is 0 Å². The summed E-state index contributed by atoms with van der Waals surface area (Å²) in [5.74, 6) is -1.46. The van der Waals surface area contributed by atoms with Crippen molar-refractivity contribution in [3.05, 3.63) is 34.9 Å². The molecule has 2 N–H and O–H groups in total. The van der Waals surface area contributed by atoms with Crippen LogP contribution in [0.2, 0.25) is 0 Å². The summed E-state index contributed by atoms with van der Waals surface area (Å²) in [5.41, 5.74) is 0.0252. The van der Waals surface area contributed by atoms with Crippen LogP contribution < -0.4 is 4.72 Å². The van der Waals surface area contributed by atoms with Crippen LogP contribution in [0.4, 0.5) is 8.78 Å². The van der Waals surface area contributed by atoms with Crippen LogP contribution in [0.1, 0.15) is 23.8 Å². The molecule has 1 aromatic rings. The third-order valence-corrected chi connectivity index (χ3v) is 3.17. The highest BCUT2D eigenvalue weighted by molar-refractivity contribution is 7.77. The highest BCUT2D eigenvalue weighted by Gasteiger charge is 2.22. The van der Waals surface area contributed by atoms with Crippen LogP contribution in [0.5, 0.6) is 0 Å². The van der Waals surface area contributed by atoms with Gasteiger partial charge in [-0.1, -0.05) is 6.07 Å². The van der Waals surface area contributed by atoms with Crippen LogP contribution in [0.3, 0.4) is 0 Å². The Kier molecular flexibility index (Phi) is 7.17. The lowest BCUT2D eigenvalue weighted by Gasteiger charge is -2.17. The van der Waals surface area contributed by atoms with E-state index < -0.39 is 29.2 Å². The van der Waals surface area contributed by atoms with E-state index in [2.05, 4.69) is 4.72 Å². The number of benzene rings is 1. The summed E-state index contributed by atoms with van der Waals surface area (Å²) in [6, 6.07) is 2.49. The maximum absolute atomic E-state index is 14.2. The maximum atomic E-state index is 14.2. The molecule has 1 aromatic carbocycles. The molecule has 0 fully saturated rings. The van der Waals surface area contributed by atoms with Crippen LogP contribution in [-0.4, -0.2) is 29.5 Å². The summed E-state index contributed by atoms with van der Waals surface area (Å²) in [6.45, 7) is 0.243. The highest BCUT2D eigenvalue weighted by atomic mass is 32.2. The quantitative estimate of drug-likeness (QED) is 0.437. The second kappa shape index (κ2) is 8.38. The Bertz CT molecular complexity index is 469. The molecule has 0 spiro atoms. The SMILES string of the molecule is COC(OC)c1c(F)ccc(CCCNS(=O)O)c1F. The summed E-state index contributed by atoms with van der Waals surface area (Å²) in [6.07, 6.45) is -0.388. The van der Waals surface area contributed by atoms with Gasteiger partial charge >= 0.3 is 0 Å². The molecule has 0 heterocycles. The minimum absolute atomic E-state index is 0.243. The Morgan fingerprint density at radius 3 is 2.55 bits per heavy atom. The van der Waals surface area contributed by atoms with Crippen LogP contribution in [0.15, 0.2) is 12.1 Å². The molecule has 0 saturated carbocycles. The lowest BCUT2D eigenvalue weighted by molar-refractivity contribution is -0.109. The number of rotatable bonds is 8. The first kappa shape index (κ1) is 17.1. The molecule has 1 rings (SSSR count). The Morgan fingerprint density at radius 1 is 1.35 bits per heavy atom. The Morgan fingerprint density at radius 2 is 2.00 bits per heavy atom. The smallest absolute Gasteiger partial charge is 0.231 e. The first-order valence-corrected chi connectivity index (χ1v) is 6.98. The normalized spacial score (nSPS) is 12.9. The van der Waals surface area contributed by atoms with E-state index in [4.69, 9.17) is 14.0 Å². The Hall–Kier alpha value is -0.930. The van der Waals surface area contributed by atoms with Crippen molar-refractivity contribution in [1.29, 1.82) is 0 Å². The molecule has 0 saturated heterocycles. The zero-order valence-corrected chi connectivity index (χ0v) is 12.0. The van der Waals surface area contributed by atoms with Crippen LogP contribution >= 0.6 is 0 Å². The molecule has 0 aliphatic carbocycles. The van der Waals surface area contributed by atoms with E-state index in [0.29, 0.717) is 18.4 Å². The number of aryl methyl sites for hydroxylation is 1. The van der Waals surface area contributed by atoms with Crippen molar-refractivity contribution in [1.82, 2.24) is 4.72 Å². The standard InChI is InChI=1S/C12H17F2NO4S/c1-18-12(19-2)10-9(13)6-5-8(11(10)14)4-3-7-15-20(16)17/h5-6,12,15H,3-4,7H2,1-2H3,(H,16,17). The van der Waals surface area contributed by atoms with Crippen LogP contribution in [-0.2, 0) is 27.2 Å². The molecule has 1 unspecified atom stereocenters. The van der Waals surface area contributed by atoms with Crippen LogP contribution in [0, 0.1) is 11.6 Å². The largest absolute Gasteiger partial charge is 0.351 e. The van der Waals surface area contributed by atoms with Crippen molar-refractivity contribution in [3.8, 4) is 0 Å². The molecule has 8 heteroatoms. The topological polar surface area (TPSA) is 67.8 Å². The average Bonchev–Trinajstić information content (AvgIpc) is 2.41. The van der Waals surface area contributed by atoms with E-state index in [-0.39, 0.29) is 12.1 Å². The molecule has 5 nitrogen and oxygen atoms in total. The van der Waals surface area contributed by atoms with Crippen molar-refractivity contribution in [2.45, 2.75) is 19.1 Å². The summed E-state index contributed by atoms with van der Waals surface area (Å²) in [5, 5.41) is 0. The summed E-state index contributed by atoms with van der Waals surface area (Å²) in [7, 11) is 2.58. The summed E-state index contributed by atoms with van der Waals surface area (Å²) in [4.78, 5) is 0. The summed E-state index contributed by atoms with van der Waals surface area (Å²) >= 11 is -2.09. The van der Waals surface area contributed by atoms with Crippen molar-refractivity contribution in [2.24, 2.45) is 0 Å². The average molecular weight is 309 g/mol. The van der Waals surface area contributed by atoms with Gasteiger partial charge in [-0.05, 0) is 24.5 Å². The molecule has 0 aromatic heterocycles. The molecule has 20 heavy (non-hydrogen) atoms. The molecule has 0 radical (unpaired) electrons. The van der Waals surface area contributed by atoms with E-state index in [9.17, 15) is 13.0 Å². The highest BCUT2D eigenvalue weighted by Crippen LogP contribution is 2.26. The third-order valence-electron chi connectivity index (χ3n) is 2.72. The van der Waals surface area contributed by atoms with E-state index in [1.165, 1.54) is 20.3 Å². The maximum Gasteiger partial charge on any atom is 0.231 e. The molecule has 0 amide bonds. The third kappa shape index (κ3) is 4.57. The first-order chi connectivity index (χ1) is 9.51. The minimum atomic E-state index is -2.09. The van der Waals surface area contributed by atoms with E-state index in [0.717, 1.165) is 6.07 Å². The van der Waals surface area contributed by atoms with Crippen molar-refractivity contribution >= 4 is 11.3 Å². The van der Waals surface area contributed by atoms with Gasteiger partial charge in [-0.25, -0.2) is 17.7 Å². The van der Waals surface area contributed by atoms with Gasteiger partial charge in [0.1, 0.15) is 11.6 Å². The predicted octanol–water partition coefficient (Wildman–Crippen LogP) is 1.92. The first-order valence-electron chi connectivity index (χ1n) is 5.88. The lowest BCUT2D eigenvalue weighted by Crippen LogP contribution is -2.18. The van der Waals surface area contributed by atoms with E-state index in [1.54, 1.807) is 0 Å². The molecule has 0 bridgehead atoms. The van der Waals surface area contributed by atoms with Crippen molar-refractivity contribution < 1.29 is 27.0 Å². The second-order valence-corrected chi connectivity index (χ2v) is 4.77. The fraction of sp³-hybridized carbons (Fsp3) is 0.500. The molecule has 0 aliphatic rings. The number of hydrogen-bond acceptors (Lipinski definition) is 3. The zero-order chi connectivity index (χ0) is 15.1. The Labute approximate surface area is 118 Å². The zero-order valence-electron chi connectivity index (χ0n) is 11.2. The number of methoxy groups -OCH3 is 2. The fourth-order valence-corrected chi connectivity index (χ4v) is 2.11. The lowest BCUT2D eigenvalue weighted by atomic mass is 10.0. The van der Waals surface area contributed by atoms with E-state index >= 15 is 0 Å². The molecule has 1 atom stereocenters. The molecular weight excluding hydrogens is 292 g/mol. The second-order valence-electron chi connectivity index (χ2n) is 3.98. The van der Waals surface area contributed by atoms with Gasteiger partial charge in [-0.3, -0.25) is 4.55 Å². The minimum Gasteiger partial charge on any atom is -0.351 e. The van der Waals surface area contributed by atoms with Gasteiger partial charge < -0.3 is 9.47 Å². The fourth-order valence-electron chi connectivity index (χ4n) is 1.79. The Balaban J connectivity index is 2.83. The number of hydrogen-bond donors (Lipinski definition) is 2. The van der Waals surface area contributed by atoms with Crippen molar-refractivity contribution in [3.63, 3.8) is 0 Å². The van der Waals surface area contributed by atoms with Gasteiger partial charge in [-0.2, -0.15) is 0 Å². The molecular formula is C12H17F2NO4S. The van der Waals surface area contributed by atoms with Gasteiger partial charge in [0.2, 0.25) is 11.3 Å². The van der Waals surface area contributed by atoms with Gasteiger partial charge in [0.05, 0.1) is 5.56 Å². The van der Waals surface area contributed by atoms with Gasteiger partial charge in [0, 0.05) is 20.8 Å². The molecule has 0 aliphatic heterocycles. The van der Waals surface area contributed by atoms with Crippen LogP contribution in [0.25, 0.3) is 0 Å². The van der Waals surface area contributed by atoms with Gasteiger partial charge in [0.15, 0.2) is 6.29 Å². The number of nitrogens with one attached hydrogen (secondary N) is 1. The number of ether oxygens (including phenoxy) is 2. The number of halogens is 2. The van der Waals surface area contributed by atoms with E-state index in [1.807, 2.05) is 0 Å². The molecule has 114 valence electrons. The van der Waals surface area contributed by atoms with Gasteiger partial charge in [0.25, 0.3) is 0 Å².